The summed E-state index contributed by atoms with van der Waals surface area (Å²) in [5.74, 6) is 0.934. The van der Waals surface area contributed by atoms with Gasteiger partial charge in [0.2, 0.25) is 0 Å². The molecule has 1 saturated carbocycles. The first-order valence-corrected chi connectivity index (χ1v) is 8.39. The zero-order valence-electron chi connectivity index (χ0n) is 12.1. The van der Waals surface area contributed by atoms with Gasteiger partial charge in [-0.15, -0.1) is 0 Å². The van der Waals surface area contributed by atoms with Crippen LogP contribution in [0, 0.1) is 0 Å². The monoisotopic (exact) mass is 279 g/mol. The predicted molar refractivity (Wildman–Crippen MR) is 84.3 cm³/mol. The van der Waals surface area contributed by atoms with E-state index in [0.29, 0.717) is 4.75 Å². The normalized spacial score (nSPS) is 17.6. The standard InChI is InChI=1S/C16H25NOS/c1-18-15-7-5-14(6-8-15)9-12-17-13-16(19-2)10-3-4-11-16/h5-8,17H,3-4,9-13H2,1-2H3. The first kappa shape index (κ1) is 14.7. The van der Waals surface area contributed by atoms with E-state index in [1.807, 2.05) is 12.1 Å². The average molecular weight is 279 g/mol. The minimum absolute atomic E-state index is 0.514. The van der Waals surface area contributed by atoms with E-state index in [9.17, 15) is 0 Å². The summed E-state index contributed by atoms with van der Waals surface area (Å²) in [7, 11) is 1.71. The quantitative estimate of drug-likeness (QED) is 0.772. The largest absolute Gasteiger partial charge is 0.497 e. The third kappa shape index (κ3) is 4.15. The van der Waals surface area contributed by atoms with Gasteiger partial charge >= 0.3 is 0 Å². The molecule has 19 heavy (non-hydrogen) atoms. The Kier molecular flexibility index (Phi) is 5.59. The number of methoxy groups -OCH3 is 1. The number of hydrogen-bond donors (Lipinski definition) is 1. The van der Waals surface area contributed by atoms with Crippen LogP contribution in [0.1, 0.15) is 31.2 Å². The van der Waals surface area contributed by atoms with Crippen molar-refractivity contribution in [2.75, 3.05) is 26.5 Å². The number of nitrogens with one attached hydrogen (secondary N) is 1. The van der Waals surface area contributed by atoms with E-state index in [1.54, 1.807) is 7.11 Å². The Morgan fingerprint density at radius 2 is 1.89 bits per heavy atom. The SMILES string of the molecule is COc1ccc(CCNCC2(SC)CCCC2)cc1. The van der Waals surface area contributed by atoms with Gasteiger partial charge in [-0.25, -0.2) is 0 Å². The van der Waals surface area contributed by atoms with E-state index in [4.69, 9.17) is 4.74 Å². The Morgan fingerprint density at radius 3 is 2.47 bits per heavy atom. The maximum absolute atomic E-state index is 5.17. The molecule has 0 atom stereocenters. The first-order valence-electron chi connectivity index (χ1n) is 7.17. The highest BCUT2D eigenvalue weighted by Crippen LogP contribution is 2.39. The van der Waals surface area contributed by atoms with Crippen molar-refractivity contribution in [3.63, 3.8) is 0 Å². The lowest BCUT2D eigenvalue weighted by Crippen LogP contribution is -2.36. The van der Waals surface area contributed by atoms with Crippen LogP contribution in [-0.2, 0) is 6.42 Å². The van der Waals surface area contributed by atoms with Gasteiger partial charge in [0.15, 0.2) is 0 Å². The van der Waals surface area contributed by atoms with Crippen molar-refractivity contribution in [3.8, 4) is 5.75 Å². The van der Waals surface area contributed by atoms with Crippen molar-refractivity contribution >= 4 is 11.8 Å². The van der Waals surface area contributed by atoms with Crippen LogP contribution in [0.5, 0.6) is 5.75 Å². The minimum atomic E-state index is 0.514. The molecule has 0 amide bonds. The van der Waals surface area contributed by atoms with Crippen molar-refractivity contribution in [1.82, 2.24) is 5.32 Å². The fourth-order valence-corrected chi connectivity index (χ4v) is 3.76. The van der Waals surface area contributed by atoms with Crippen molar-refractivity contribution in [2.24, 2.45) is 0 Å². The second kappa shape index (κ2) is 7.20. The van der Waals surface area contributed by atoms with E-state index < -0.39 is 0 Å². The third-order valence-corrected chi connectivity index (χ3v) is 5.56. The van der Waals surface area contributed by atoms with Crippen LogP contribution in [0.2, 0.25) is 0 Å². The molecule has 0 unspecified atom stereocenters. The van der Waals surface area contributed by atoms with Gasteiger partial charge in [-0.05, 0) is 49.8 Å². The molecular weight excluding hydrogens is 254 g/mol. The van der Waals surface area contributed by atoms with Crippen LogP contribution in [0.3, 0.4) is 0 Å². The smallest absolute Gasteiger partial charge is 0.118 e. The molecule has 1 fully saturated rings. The molecule has 0 aliphatic heterocycles. The Balaban J connectivity index is 1.71. The molecule has 2 nitrogen and oxygen atoms in total. The third-order valence-electron chi connectivity index (χ3n) is 4.14. The van der Waals surface area contributed by atoms with Gasteiger partial charge in [-0.2, -0.15) is 11.8 Å². The van der Waals surface area contributed by atoms with Crippen LogP contribution >= 0.6 is 11.8 Å². The molecule has 1 aromatic carbocycles. The van der Waals surface area contributed by atoms with E-state index in [-0.39, 0.29) is 0 Å². The summed E-state index contributed by atoms with van der Waals surface area (Å²) in [6, 6.07) is 8.38. The van der Waals surface area contributed by atoms with Crippen LogP contribution in [0.25, 0.3) is 0 Å². The molecule has 0 bridgehead atoms. The fraction of sp³-hybridized carbons (Fsp3) is 0.625. The summed E-state index contributed by atoms with van der Waals surface area (Å²) in [5, 5.41) is 3.64. The van der Waals surface area contributed by atoms with Crippen LogP contribution in [0.15, 0.2) is 24.3 Å². The molecule has 2 rings (SSSR count). The van der Waals surface area contributed by atoms with Crippen molar-refractivity contribution < 1.29 is 4.74 Å². The molecule has 3 heteroatoms. The lowest BCUT2D eigenvalue weighted by Gasteiger charge is -2.27. The molecular formula is C16H25NOS. The van der Waals surface area contributed by atoms with Gasteiger partial charge in [-0.1, -0.05) is 25.0 Å². The van der Waals surface area contributed by atoms with Crippen LogP contribution in [0.4, 0.5) is 0 Å². The van der Waals surface area contributed by atoms with Gasteiger partial charge in [0.05, 0.1) is 7.11 Å². The molecule has 0 saturated heterocycles. The number of hydrogen-bond acceptors (Lipinski definition) is 3. The lowest BCUT2D eigenvalue weighted by atomic mass is 10.1. The second-order valence-electron chi connectivity index (χ2n) is 5.37. The molecule has 0 radical (unpaired) electrons. The van der Waals surface area contributed by atoms with Gasteiger partial charge in [0.25, 0.3) is 0 Å². The number of rotatable bonds is 7. The summed E-state index contributed by atoms with van der Waals surface area (Å²) in [4.78, 5) is 0. The summed E-state index contributed by atoms with van der Waals surface area (Å²) >= 11 is 2.05. The molecule has 1 N–H and O–H groups in total. The van der Waals surface area contributed by atoms with Crippen molar-refractivity contribution in [2.45, 2.75) is 36.9 Å². The number of thioether (sulfide) groups is 1. The maximum atomic E-state index is 5.17. The van der Waals surface area contributed by atoms with Gasteiger partial charge in [-0.3, -0.25) is 0 Å². The topological polar surface area (TPSA) is 21.3 Å². The summed E-state index contributed by atoms with van der Waals surface area (Å²) in [6.07, 6.45) is 8.92. The number of benzene rings is 1. The maximum Gasteiger partial charge on any atom is 0.118 e. The van der Waals surface area contributed by atoms with Crippen molar-refractivity contribution in [3.05, 3.63) is 29.8 Å². The van der Waals surface area contributed by atoms with Gasteiger partial charge < -0.3 is 10.1 Å². The van der Waals surface area contributed by atoms with Gasteiger partial charge in [0.1, 0.15) is 5.75 Å². The second-order valence-corrected chi connectivity index (χ2v) is 6.64. The van der Waals surface area contributed by atoms with Crippen molar-refractivity contribution in [1.29, 1.82) is 0 Å². The van der Waals surface area contributed by atoms with E-state index in [0.717, 1.165) is 25.3 Å². The Labute approximate surface area is 121 Å². The van der Waals surface area contributed by atoms with Crippen LogP contribution in [-0.4, -0.2) is 31.2 Å². The summed E-state index contributed by atoms with van der Waals surface area (Å²) in [6.45, 7) is 2.22. The van der Waals surface area contributed by atoms with Gasteiger partial charge in [0, 0.05) is 11.3 Å². The number of ether oxygens (including phenoxy) is 1. The average Bonchev–Trinajstić information content (AvgIpc) is 2.94. The highest BCUT2D eigenvalue weighted by molar-refractivity contribution is 8.00. The predicted octanol–water partition coefficient (Wildman–Crippen LogP) is 3.50. The molecule has 0 spiro atoms. The van der Waals surface area contributed by atoms with Crippen LogP contribution < -0.4 is 10.1 Å². The molecule has 106 valence electrons. The lowest BCUT2D eigenvalue weighted by molar-refractivity contribution is 0.414. The van der Waals surface area contributed by atoms with E-state index in [2.05, 4.69) is 35.5 Å². The summed E-state index contributed by atoms with van der Waals surface area (Å²) < 4.78 is 5.69. The zero-order valence-corrected chi connectivity index (χ0v) is 12.9. The fourth-order valence-electron chi connectivity index (χ4n) is 2.81. The molecule has 1 aliphatic carbocycles. The zero-order chi connectivity index (χ0) is 13.6. The first-order chi connectivity index (χ1) is 9.28. The molecule has 1 aliphatic rings. The Bertz CT molecular complexity index is 371. The molecule has 0 heterocycles. The molecule has 1 aromatic rings. The Hall–Kier alpha value is -0.670. The Morgan fingerprint density at radius 1 is 1.21 bits per heavy atom. The highest BCUT2D eigenvalue weighted by atomic mass is 32.2. The molecule has 0 aromatic heterocycles. The summed E-state index contributed by atoms with van der Waals surface area (Å²) in [5.41, 5.74) is 1.37. The van der Waals surface area contributed by atoms with E-state index >= 15 is 0 Å². The minimum Gasteiger partial charge on any atom is -0.497 e. The van der Waals surface area contributed by atoms with E-state index in [1.165, 1.54) is 31.2 Å². The highest BCUT2D eigenvalue weighted by Gasteiger charge is 2.32.